The van der Waals surface area contributed by atoms with Crippen LogP contribution < -0.4 is 14.8 Å². The highest BCUT2D eigenvalue weighted by Gasteiger charge is 2.15. The standard InChI is InChI=1S/C21H25NO4/c1-13(2)17-8-6-7-14(3)21(17)22-20(24)12-26-19-11-16(25-5)9-10-18(19)15(4)23/h6-11,13H,12H2,1-5H3,(H,22,24). The number of rotatable bonds is 7. The second-order valence-electron chi connectivity index (χ2n) is 6.45. The Bertz CT molecular complexity index is 812. The molecular formula is C21H25NO4. The zero-order chi connectivity index (χ0) is 19.3. The molecule has 0 aliphatic rings. The van der Waals surface area contributed by atoms with E-state index < -0.39 is 0 Å². The molecule has 2 aromatic carbocycles. The molecule has 26 heavy (non-hydrogen) atoms. The Morgan fingerprint density at radius 3 is 2.50 bits per heavy atom. The van der Waals surface area contributed by atoms with Gasteiger partial charge in [-0.05, 0) is 43.0 Å². The van der Waals surface area contributed by atoms with Crippen LogP contribution in [0.1, 0.15) is 48.2 Å². The maximum atomic E-state index is 12.4. The molecule has 0 saturated heterocycles. The third-order valence-electron chi connectivity index (χ3n) is 4.12. The fourth-order valence-corrected chi connectivity index (χ4v) is 2.70. The molecule has 0 spiro atoms. The van der Waals surface area contributed by atoms with Crippen molar-refractivity contribution in [3.8, 4) is 11.5 Å². The van der Waals surface area contributed by atoms with Gasteiger partial charge in [-0.2, -0.15) is 0 Å². The van der Waals surface area contributed by atoms with Crippen molar-refractivity contribution in [3.63, 3.8) is 0 Å². The van der Waals surface area contributed by atoms with Crippen LogP contribution in [0.5, 0.6) is 11.5 Å². The number of ether oxygens (including phenoxy) is 2. The quantitative estimate of drug-likeness (QED) is 0.750. The van der Waals surface area contributed by atoms with E-state index in [2.05, 4.69) is 19.2 Å². The van der Waals surface area contributed by atoms with E-state index in [-0.39, 0.29) is 24.2 Å². The number of carbonyl (C=O) groups is 2. The van der Waals surface area contributed by atoms with Crippen molar-refractivity contribution < 1.29 is 19.1 Å². The Morgan fingerprint density at radius 1 is 1.15 bits per heavy atom. The summed E-state index contributed by atoms with van der Waals surface area (Å²) in [5.41, 5.74) is 3.30. The molecule has 5 nitrogen and oxygen atoms in total. The van der Waals surface area contributed by atoms with Crippen LogP contribution in [0.25, 0.3) is 0 Å². The van der Waals surface area contributed by atoms with Crippen LogP contribution in [-0.4, -0.2) is 25.4 Å². The summed E-state index contributed by atoms with van der Waals surface area (Å²) in [4.78, 5) is 24.1. The van der Waals surface area contributed by atoms with Gasteiger partial charge in [-0.25, -0.2) is 0 Å². The minimum Gasteiger partial charge on any atom is -0.497 e. The van der Waals surface area contributed by atoms with Gasteiger partial charge in [0.15, 0.2) is 12.4 Å². The first kappa shape index (κ1) is 19.5. The maximum Gasteiger partial charge on any atom is 0.262 e. The van der Waals surface area contributed by atoms with Gasteiger partial charge in [0.05, 0.1) is 12.7 Å². The molecule has 0 atom stereocenters. The van der Waals surface area contributed by atoms with Crippen molar-refractivity contribution >= 4 is 17.4 Å². The summed E-state index contributed by atoms with van der Waals surface area (Å²) in [5, 5.41) is 2.93. The predicted molar refractivity (Wildman–Crippen MR) is 102 cm³/mol. The number of para-hydroxylation sites is 1. The average molecular weight is 355 g/mol. The number of Topliss-reactive ketones (excluding diaryl/α,β-unsaturated/α-hetero) is 1. The summed E-state index contributed by atoms with van der Waals surface area (Å²) in [6.45, 7) is 7.38. The third-order valence-corrected chi connectivity index (χ3v) is 4.12. The molecule has 0 aromatic heterocycles. The highest BCUT2D eigenvalue weighted by molar-refractivity contribution is 5.97. The smallest absolute Gasteiger partial charge is 0.262 e. The summed E-state index contributed by atoms with van der Waals surface area (Å²) in [5.74, 6) is 0.767. The Hall–Kier alpha value is -2.82. The van der Waals surface area contributed by atoms with Crippen LogP contribution in [0.2, 0.25) is 0 Å². The van der Waals surface area contributed by atoms with Crippen molar-refractivity contribution in [1.29, 1.82) is 0 Å². The second-order valence-corrected chi connectivity index (χ2v) is 6.45. The molecule has 0 heterocycles. The molecule has 138 valence electrons. The summed E-state index contributed by atoms with van der Waals surface area (Å²) in [6.07, 6.45) is 0. The van der Waals surface area contributed by atoms with E-state index in [1.165, 1.54) is 14.0 Å². The summed E-state index contributed by atoms with van der Waals surface area (Å²) in [6, 6.07) is 10.9. The zero-order valence-corrected chi connectivity index (χ0v) is 15.9. The molecule has 0 radical (unpaired) electrons. The molecule has 0 aliphatic carbocycles. The molecule has 0 unspecified atom stereocenters. The normalized spacial score (nSPS) is 10.5. The van der Waals surface area contributed by atoms with Gasteiger partial charge in [-0.1, -0.05) is 32.0 Å². The lowest BCUT2D eigenvalue weighted by Crippen LogP contribution is -2.22. The topological polar surface area (TPSA) is 64.6 Å². The zero-order valence-electron chi connectivity index (χ0n) is 15.9. The highest BCUT2D eigenvalue weighted by Crippen LogP contribution is 2.28. The molecule has 1 N–H and O–H groups in total. The Kier molecular flexibility index (Phi) is 6.39. The van der Waals surface area contributed by atoms with Gasteiger partial charge in [0.2, 0.25) is 0 Å². The molecule has 0 aliphatic heterocycles. The lowest BCUT2D eigenvalue weighted by Gasteiger charge is -2.17. The first-order valence-electron chi connectivity index (χ1n) is 8.54. The number of amides is 1. The Morgan fingerprint density at radius 2 is 1.88 bits per heavy atom. The number of methoxy groups -OCH3 is 1. The molecule has 5 heteroatoms. The van der Waals surface area contributed by atoms with E-state index in [1.807, 2.05) is 25.1 Å². The van der Waals surface area contributed by atoms with Crippen molar-refractivity contribution in [2.45, 2.75) is 33.6 Å². The largest absolute Gasteiger partial charge is 0.497 e. The van der Waals surface area contributed by atoms with Gasteiger partial charge in [0, 0.05) is 11.8 Å². The van der Waals surface area contributed by atoms with Gasteiger partial charge in [-0.15, -0.1) is 0 Å². The molecule has 2 aromatic rings. The lowest BCUT2D eigenvalue weighted by molar-refractivity contribution is -0.118. The molecular weight excluding hydrogens is 330 g/mol. The average Bonchev–Trinajstić information content (AvgIpc) is 2.61. The van der Waals surface area contributed by atoms with E-state index in [9.17, 15) is 9.59 Å². The van der Waals surface area contributed by atoms with E-state index >= 15 is 0 Å². The number of carbonyl (C=O) groups excluding carboxylic acids is 2. The number of nitrogens with one attached hydrogen (secondary N) is 1. The van der Waals surface area contributed by atoms with Crippen molar-refractivity contribution in [2.24, 2.45) is 0 Å². The third kappa shape index (κ3) is 4.63. The van der Waals surface area contributed by atoms with Gasteiger partial charge in [0.25, 0.3) is 5.91 Å². The first-order valence-corrected chi connectivity index (χ1v) is 8.54. The monoisotopic (exact) mass is 355 g/mol. The lowest BCUT2D eigenvalue weighted by atomic mass is 9.98. The van der Waals surface area contributed by atoms with E-state index in [1.54, 1.807) is 18.2 Å². The van der Waals surface area contributed by atoms with Crippen LogP contribution in [0.15, 0.2) is 36.4 Å². The molecule has 0 fully saturated rings. The van der Waals surface area contributed by atoms with Gasteiger partial charge in [0.1, 0.15) is 11.5 Å². The predicted octanol–water partition coefficient (Wildman–Crippen LogP) is 4.35. The van der Waals surface area contributed by atoms with Crippen LogP contribution in [-0.2, 0) is 4.79 Å². The number of benzene rings is 2. The Balaban J connectivity index is 2.14. The minimum absolute atomic E-state index is 0.135. The number of ketones is 1. The van der Waals surface area contributed by atoms with E-state index in [0.29, 0.717) is 17.1 Å². The number of hydrogen-bond acceptors (Lipinski definition) is 4. The molecule has 0 bridgehead atoms. The van der Waals surface area contributed by atoms with Crippen LogP contribution in [0, 0.1) is 6.92 Å². The second kappa shape index (κ2) is 8.52. The number of hydrogen-bond donors (Lipinski definition) is 1. The van der Waals surface area contributed by atoms with Gasteiger partial charge >= 0.3 is 0 Å². The molecule has 1 amide bonds. The first-order chi connectivity index (χ1) is 12.3. The molecule has 0 saturated carbocycles. The van der Waals surface area contributed by atoms with Crippen molar-refractivity contribution in [3.05, 3.63) is 53.1 Å². The van der Waals surface area contributed by atoms with E-state index in [0.717, 1.165) is 16.8 Å². The summed E-state index contributed by atoms with van der Waals surface area (Å²) < 4.78 is 10.8. The molecule has 2 rings (SSSR count). The van der Waals surface area contributed by atoms with Crippen molar-refractivity contribution in [2.75, 3.05) is 19.0 Å². The number of anilines is 1. The van der Waals surface area contributed by atoms with Crippen LogP contribution in [0.3, 0.4) is 0 Å². The fraction of sp³-hybridized carbons (Fsp3) is 0.333. The van der Waals surface area contributed by atoms with Crippen LogP contribution >= 0.6 is 0 Å². The van der Waals surface area contributed by atoms with Crippen LogP contribution in [0.4, 0.5) is 5.69 Å². The van der Waals surface area contributed by atoms with Gasteiger partial charge in [-0.3, -0.25) is 9.59 Å². The van der Waals surface area contributed by atoms with E-state index in [4.69, 9.17) is 9.47 Å². The number of aryl methyl sites for hydroxylation is 1. The minimum atomic E-state index is -0.279. The van der Waals surface area contributed by atoms with Crippen molar-refractivity contribution in [1.82, 2.24) is 0 Å². The van der Waals surface area contributed by atoms with Gasteiger partial charge < -0.3 is 14.8 Å². The fourth-order valence-electron chi connectivity index (χ4n) is 2.70. The SMILES string of the molecule is COc1ccc(C(C)=O)c(OCC(=O)Nc2c(C)cccc2C(C)C)c1. The highest BCUT2D eigenvalue weighted by atomic mass is 16.5. The Labute approximate surface area is 154 Å². The maximum absolute atomic E-state index is 12.4. The summed E-state index contributed by atoms with van der Waals surface area (Å²) >= 11 is 0. The summed E-state index contributed by atoms with van der Waals surface area (Å²) in [7, 11) is 1.53.